The number of urea groups is 1. The van der Waals surface area contributed by atoms with Gasteiger partial charge >= 0.3 is 12.0 Å². The first-order valence-electron chi connectivity index (χ1n) is 6.55. The maximum absolute atomic E-state index is 12.0. The Balaban J connectivity index is 2.50. The van der Waals surface area contributed by atoms with Crippen LogP contribution in [0.15, 0.2) is 0 Å². The normalized spacial score (nSPS) is 16.8. The Kier molecular flexibility index (Phi) is 4.59. The van der Waals surface area contributed by atoms with E-state index in [0.717, 1.165) is 12.8 Å². The van der Waals surface area contributed by atoms with Crippen LogP contribution >= 0.6 is 0 Å². The molecule has 0 atom stereocenters. The second-order valence-electron chi connectivity index (χ2n) is 5.79. The maximum atomic E-state index is 12.0. The number of hydrogen-bond donors (Lipinski definition) is 2. The Morgan fingerprint density at radius 2 is 1.83 bits per heavy atom. The number of nitrogens with one attached hydrogen (secondary N) is 1. The van der Waals surface area contributed by atoms with E-state index >= 15 is 0 Å². The predicted molar refractivity (Wildman–Crippen MR) is 69.4 cm³/mol. The molecule has 0 aromatic carbocycles. The van der Waals surface area contributed by atoms with Crippen molar-refractivity contribution in [3.8, 4) is 0 Å². The van der Waals surface area contributed by atoms with E-state index in [1.165, 1.54) is 4.90 Å². The van der Waals surface area contributed by atoms with Crippen molar-refractivity contribution in [3.05, 3.63) is 0 Å². The Labute approximate surface area is 109 Å². The van der Waals surface area contributed by atoms with Gasteiger partial charge in [-0.3, -0.25) is 4.79 Å². The predicted octanol–water partition coefficient (Wildman–Crippen LogP) is 1.93. The van der Waals surface area contributed by atoms with Gasteiger partial charge < -0.3 is 15.3 Å². The lowest BCUT2D eigenvalue weighted by Crippen LogP contribution is -2.48. The number of rotatable bonds is 6. The average Bonchev–Trinajstić information content (AvgIpc) is 3.03. The first-order valence-corrected chi connectivity index (χ1v) is 6.55. The van der Waals surface area contributed by atoms with Crippen molar-refractivity contribution in [1.82, 2.24) is 10.2 Å². The van der Waals surface area contributed by atoms with Crippen molar-refractivity contribution in [2.75, 3.05) is 13.1 Å². The molecule has 5 nitrogen and oxygen atoms in total. The molecule has 1 aliphatic carbocycles. The molecule has 0 radical (unpaired) electrons. The molecule has 2 N–H and O–H groups in total. The van der Waals surface area contributed by atoms with E-state index in [1.54, 1.807) is 0 Å². The van der Waals surface area contributed by atoms with Gasteiger partial charge in [-0.2, -0.15) is 0 Å². The van der Waals surface area contributed by atoms with Crippen LogP contribution in [0.1, 0.15) is 40.5 Å². The van der Waals surface area contributed by atoms with Gasteiger partial charge in [0.15, 0.2) is 0 Å². The van der Waals surface area contributed by atoms with E-state index in [1.807, 2.05) is 13.8 Å². The number of carbonyl (C=O) groups is 2. The number of hydrogen-bond acceptors (Lipinski definition) is 2. The van der Waals surface area contributed by atoms with Crippen molar-refractivity contribution < 1.29 is 14.7 Å². The van der Waals surface area contributed by atoms with Crippen LogP contribution < -0.4 is 5.32 Å². The SMILES string of the molecule is CC(C)N(CC(=O)O)C(=O)NCC1(C(C)C)CC1. The first-order chi connectivity index (χ1) is 8.28. The molecule has 0 aromatic rings. The standard InChI is InChI=1S/C13H24N2O3/c1-9(2)13(5-6-13)8-14-12(18)15(10(3)4)7-11(16)17/h9-10H,5-8H2,1-4H3,(H,14,18)(H,16,17). The third-order valence-electron chi connectivity index (χ3n) is 3.90. The molecule has 18 heavy (non-hydrogen) atoms. The summed E-state index contributed by atoms with van der Waals surface area (Å²) in [5, 5.41) is 11.7. The third-order valence-corrected chi connectivity index (χ3v) is 3.90. The highest BCUT2D eigenvalue weighted by atomic mass is 16.4. The molecule has 5 heteroatoms. The molecule has 104 valence electrons. The van der Waals surface area contributed by atoms with Gasteiger partial charge in [0.05, 0.1) is 0 Å². The zero-order valence-corrected chi connectivity index (χ0v) is 11.7. The van der Waals surface area contributed by atoms with Gasteiger partial charge in [0, 0.05) is 12.6 Å². The fourth-order valence-corrected chi connectivity index (χ4v) is 2.11. The molecule has 0 unspecified atom stereocenters. The molecule has 1 rings (SSSR count). The van der Waals surface area contributed by atoms with Crippen molar-refractivity contribution in [2.45, 2.75) is 46.6 Å². The fourth-order valence-electron chi connectivity index (χ4n) is 2.11. The van der Waals surface area contributed by atoms with Crippen LogP contribution in [0.25, 0.3) is 0 Å². The topological polar surface area (TPSA) is 69.6 Å². The van der Waals surface area contributed by atoms with Gasteiger partial charge in [0.1, 0.15) is 6.54 Å². The van der Waals surface area contributed by atoms with Gasteiger partial charge in [-0.15, -0.1) is 0 Å². The number of carboxylic acid groups (broad SMARTS) is 1. The molecule has 2 amide bonds. The largest absolute Gasteiger partial charge is 0.480 e. The third kappa shape index (κ3) is 3.62. The Hall–Kier alpha value is -1.26. The van der Waals surface area contributed by atoms with Crippen LogP contribution in [0, 0.1) is 11.3 Å². The van der Waals surface area contributed by atoms with E-state index in [-0.39, 0.29) is 24.0 Å². The summed E-state index contributed by atoms with van der Waals surface area (Å²) >= 11 is 0. The molecular formula is C13H24N2O3. The first kappa shape index (κ1) is 14.8. The molecule has 0 spiro atoms. The average molecular weight is 256 g/mol. The summed E-state index contributed by atoms with van der Waals surface area (Å²) in [4.78, 5) is 24.0. The van der Waals surface area contributed by atoms with Gasteiger partial charge in [-0.05, 0) is 38.0 Å². The summed E-state index contributed by atoms with van der Waals surface area (Å²) in [5.41, 5.74) is 0.238. The molecule has 0 bridgehead atoms. The highest BCUT2D eigenvalue weighted by Gasteiger charge is 2.45. The van der Waals surface area contributed by atoms with E-state index in [9.17, 15) is 9.59 Å². The van der Waals surface area contributed by atoms with E-state index < -0.39 is 5.97 Å². The van der Waals surface area contributed by atoms with Crippen LogP contribution in [-0.2, 0) is 4.79 Å². The molecule has 0 saturated heterocycles. The summed E-state index contributed by atoms with van der Waals surface area (Å²) in [7, 11) is 0. The van der Waals surface area contributed by atoms with Crippen molar-refractivity contribution in [1.29, 1.82) is 0 Å². The van der Waals surface area contributed by atoms with Crippen LogP contribution in [0.4, 0.5) is 4.79 Å². The Morgan fingerprint density at radius 1 is 1.28 bits per heavy atom. The lowest BCUT2D eigenvalue weighted by molar-refractivity contribution is -0.138. The van der Waals surface area contributed by atoms with Crippen LogP contribution in [-0.4, -0.2) is 41.1 Å². The molecule has 0 aromatic heterocycles. The van der Waals surface area contributed by atoms with E-state index in [2.05, 4.69) is 19.2 Å². The van der Waals surface area contributed by atoms with E-state index in [0.29, 0.717) is 12.5 Å². The highest BCUT2D eigenvalue weighted by molar-refractivity contribution is 5.80. The summed E-state index contributed by atoms with van der Waals surface area (Å²) in [6.45, 7) is 8.35. The minimum Gasteiger partial charge on any atom is -0.480 e. The molecular weight excluding hydrogens is 232 g/mol. The summed E-state index contributed by atoms with van der Waals surface area (Å²) in [6, 6.07) is -0.394. The number of aliphatic carboxylic acids is 1. The molecule has 0 heterocycles. The number of carbonyl (C=O) groups excluding carboxylic acids is 1. The lowest BCUT2D eigenvalue weighted by Gasteiger charge is -2.27. The maximum Gasteiger partial charge on any atom is 0.323 e. The number of nitrogens with zero attached hydrogens (tertiary/aromatic N) is 1. The summed E-state index contributed by atoms with van der Waals surface area (Å²) in [6.07, 6.45) is 2.29. The smallest absolute Gasteiger partial charge is 0.323 e. The monoisotopic (exact) mass is 256 g/mol. The second kappa shape index (κ2) is 5.59. The second-order valence-corrected chi connectivity index (χ2v) is 5.79. The van der Waals surface area contributed by atoms with Crippen LogP contribution in [0.5, 0.6) is 0 Å². The van der Waals surface area contributed by atoms with Gasteiger partial charge in [0.2, 0.25) is 0 Å². The fraction of sp³-hybridized carbons (Fsp3) is 0.846. The molecule has 1 saturated carbocycles. The molecule has 1 aliphatic rings. The van der Waals surface area contributed by atoms with Crippen LogP contribution in [0.3, 0.4) is 0 Å². The zero-order chi connectivity index (χ0) is 13.9. The van der Waals surface area contributed by atoms with Crippen LogP contribution in [0.2, 0.25) is 0 Å². The zero-order valence-electron chi connectivity index (χ0n) is 11.7. The van der Waals surface area contributed by atoms with Gasteiger partial charge in [0.25, 0.3) is 0 Å². The van der Waals surface area contributed by atoms with Gasteiger partial charge in [-0.25, -0.2) is 4.79 Å². The molecule has 1 fully saturated rings. The Bertz CT molecular complexity index is 322. The lowest BCUT2D eigenvalue weighted by atomic mass is 9.92. The quantitative estimate of drug-likeness (QED) is 0.763. The Morgan fingerprint density at radius 3 is 2.17 bits per heavy atom. The minimum absolute atomic E-state index is 0.115. The molecule has 0 aliphatic heterocycles. The highest BCUT2D eigenvalue weighted by Crippen LogP contribution is 2.51. The van der Waals surface area contributed by atoms with Crippen molar-refractivity contribution >= 4 is 12.0 Å². The summed E-state index contributed by atoms with van der Waals surface area (Å²) < 4.78 is 0. The minimum atomic E-state index is -0.983. The van der Waals surface area contributed by atoms with Crippen molar-refractivity contribution in [2.24, 2.45) is 11.3 Å². The number of carboxylic acids is 1. The van der Waals surface area contributed by atoms with Gasteiger partial charge in [-0.1, -0.05) is 13.8 Å². The number of amides is 2. The summed E-state index contributed by atoms with van der Waals surface area (Å²) in [5.74, 6) is -0.436. The van der Waals surface area contributed by atoms with Crippen molar-refractivity contribution in [3.63, 3.8) is 0 Å². The van der Waals surface area contributed by atoms with E-state index in [4.69, 9.17) is 5.11 Å².